The molecule has 0 aromatic heterocycles. The molecule has 0 aromatic rings. The second-order valence-corrected chi connectivity index (χ2v) is 4.55. The lowest BCUT2D eigenvalue weighted by Crippen LogP contribution is -2.36. The number of hydrogen-bond acceptors (Lipinski definition) is 2. The van der Waals surface area contributed by atoms with Crippen molar-refractivity contribution < 1.29 is 4.74 Å². The van der Waals surface area contributed by atoms with Crippen LogP contribution >= 0.6 is 0 Å². The van der Waals surface area contributed by atoms with E-state index in [0.29, 0.717) is 12.2 Å². The van der Waals surface area contributed by atoms with E-state index in [2.05, 4.69) is 25.8 Å². The molecule has 0 aromatic carbocycles. The van der Waals surface area contributed by atoms with Crippen LogP contribution in [0.25, 0.3) is 0 Å². The highest BCUT2D eigenvalue weighted by molar-refractivity contribution is 4.97. The summed E-state index contributed by atoms with van der Waals surface area (Å²) in [6.07, 6.45) is 3.60. The zero-order valence-corrected chi connectivity index (χ0v) is 8.29. The van der Waals surface area contributed by atoms with Crippen LogP contribution in [-0.2, 0) is 4.74 Å². The van der Waals surface area contributed by atoms with Crippen LogP contribution in [0.1, 0.15) is 26.7 Å². The van der Waals surface area contributed by atoms with Crippen molar-refractivity contribution in [3.8, 4) is 0 Å². The molecule has 2 aliphatic rings. The molecule has 1 saturated carbocycles. The minimum Gasteiger partial charge on any atom is -0.375 e. The molecule has 1 aliphatic carbocycles. The van der Waals surface area contributed by atoms with Crippen LogP contribution in [0.2, 0.25) is 0 Å². The average Bonchev–Trinajstić information content (AvgIpc) is 2.44. The van der Waals surface area contributed by atoms with Crippen LogP contribution in [0.4, 0.5) is 0 Å². The third-order valence-corrected chi connectivity index (χ3v) is 3.20. The first-order valence-electron chi connectivity index (χ1n) is 5.02. The maximum Gasteiger partial charge on any atom is 0.0634 e. The van der Waals surface area contributed by atoms with E-state index in [-0.39, 0.29) is 0 Å². The van der Waals surface area contributed by atoms with Crippen molar-refractivity contribution in [2.24, 2.45) is 5.92 Å². The van der Waals surface area contributed by atoms with Gasteiger partial charge in [0.1, 0.15) is 0 Å². The minimum atomic E-state index is 0.402. The number of nitrogens with zero attached hydrogens (tertiary/aromatic N) is 1. The molecule has 1 aliphatic heterocycles. The Hall–Kier alpha value is -0.0800. The molecule has 2 rings (SSSR count). The van der Waals surface area contributed by atoms with Gasteiger partial charge in [-0.05, 0) is 39.7 Å². The van der Waals surface area contributed by atoms with Crippen molar-refractivity contribution in [1.29, 1.82) is 0 Å². The molecule has 0 spiro atoms. The number of hydrogen-bond donors (Lipinski definition) is 0. The summed E-state index contributed by atoms with van der Waals surface area (Å²) in [4.78, 5) is 2.48. The molecular formula is C10H19NO. The fourth-order valence-corrected chi connectivity index (χ4v) is 2.65. The first kappa shape index (κ1) is 8.52. The van der Waals surface area contributed by atoms with Crippen LogP contribution in [0.5, 0.6) is 0 Å². The van der Waals surface area contributed by atoms with Gasteiger partial charge in [-0.15, -0.1) is 0 Å². The van der Waals surface area contributed by atoms with Crippen molar-refractivity contribution in [3.05, 3.63) is 0 Å². The highest BCUT2D eigenvalue weighted by Crippen LogP contribution is 2.38. The van der Waals surface area contributed by atoms with E-state index < -0.39 is 0 Å². The molecule has 2 heteroatoms. The zero-order valence-electron chi connectivity index (χ0n) is 8.29. The van der Waals surface area contributed by atoms with Gasteiger partial charge in [0.15, 0.2) is 0 Å². The Morgan fingerprint density at radius 2 is 2.08 bits per heavy atom. The average molecular weight is 169 g/mol. The van der Waals surface area contributed by atoms with Crippen molar-refractivity contribution in [2.45, 2.75) is 44.9 Å². The van der Waals surface area contributed by atoms with Gasteiger partial charge in [-0.1, -0.05) is 0 Å². The van der Waals surface area contributed by atoms with Gasteiger partial charge in [0, 0.05) is 12.6 Å². The fourth-order valence-electron chi connectivity index (χ4n) is 2.65. The largest absolute Gasteiger partial charge is 0.375 e. The van der Waals surface area contributed by atoms with Gasteiger partial charge in [0.2, 0.25) is 0 Å². The topological polar surface area (TPSA) is 12.5 Å². The van der Waals surface area contributed by atoms with Crippen LogP contribution in [0.15, 0.2) is 0 Å². The monoisotopic (exact) mass is 169 g/mol. The van der Waals surface area contributed by atoms with E-state index in [1.165, 1.54) is 19.4 Å². The first-order chi connectivity index (χ1) is 5.66. The predicted octanol–water partition coefficient (Wildman–Crippen LogP) is 1.50. The van der Waals surface area contributed by atoms with Crippen LogP contribution in [-0.4, -0.2) is 36.7 Å². The molecule has 2 nitrogen and oxygen atoms in total. The van der Waals surface area contributed by atoms with E-state index in [1.54, 1.807) is 0 Å². The molecule has 1 saturated heterocycles. The molecule has 0 N–H and O–H groups in total. The fraction of sp³-hybridized carbons (Fsp3) is 1.00. The molecular weight excluding hydrogens is 150 g/mol. The number of ether oxygens (including phenoxy) is 1. The third-order valence-electron chi connectivity index (χ3n) is 3.20. The van der Waals surface area contributed by atoms with Gasteiger partial charge in [0.05, 0.1) is 12.2 Å². The highest BCUT2D eigenvalue weighted by atomic mass is 16.5. The lowest BCUT2D eigenvalue weighted by Gasteiger charge is -2.29. The summed E-state index contributed by atoms with van der Waals surface area (Å²) in [7, 11) is 2.23. The van der Waals surface area contributed by atoms with Gasteiger partial charge in [0.25, 0.3) is 0 Å². The molecule has 0 amide bonds. The molecule has 12 heavy (non-hydrogen) atoms. The minimum absolute atomic E-state index is 0.402. The SMILES string of the molecule is CC(C)O[C@@H]1CC2CC1CN2C. The summed E-state index contributed by atoms with van der Waals surface area (Å²) >= 11 is 0. The maximum atomic E-state index is 5.87. The number of rotatable bonds is 2. The van der Waals surface area contributed by atoms with Gasteiger partial charge in [-0.3, -0.25) is 0 Å². The Balaban J connectivity index is 1.90. The van der Waals surface area contributed by atoms with Crippen LogP contribution in [0.3, 0.4) is 0 Å². The molecule has 2 bridgehead atoms. The molecule has 0 radical (unpaired) electrons. The second kappa shape index (κ2) is 3.00. The van der Waals surface area contributed by atoms with Gasteiger partial charge >= 0.3 is 0 Å². The third kappa shape index (κ3) is 1.38. The highest BCUT2D eigenvalue weighted by Gasteiger charge is 2.43. The number of fused-ring (bicyclic) bond motifs is 2. The maximum absolute atomic E-state index is 5.87. The first-order valence-corrected chi connectivity index (χ1v) is 5.02. The smallest absolute Gasteiger partial charge is 0.0634 e. The zero-order chi connectivity index (χ0) is 8.72. The second-order valence-electron chi connectivity index (χ2n) is 4.55. The quantitative estimate of drug-likeness (QED) is 0.621. The van der Waals surface area contributed by atoms with Crippen molar-refractivity contribution >= 4 is 0 Å². The van der Waals surface area contributed by atoms with Crippen LogP contribution < -0.4 is 0 Å². The number of piperidine rings is 1. The standard InChI is InChI=1S/C10H19NO/c1-7(2)12-10-5-9-4-8(10)6-11(9)3/h7-10H,4-6H2,1-3H3/t8?,9?,10-/m1/s1. The lowest BCUT2D eigenvalue weighted by molar-refractivity contribution is -0.0311. The molecule has 2 fully saturated rings. The summed E-state index contributed by atoms with van der Waals surface area (Å²) in [5.41, 5.74) is 0. The van der Waals surface area contributed by atoms with Crippen molar-refractivity contribution in [1.82, 2.24) is 4.90 Å². The van der Waals surface area contributed by atoms with E-state index >= 15 is 0 Å². The molecule has 70 valence electrons. The van der Waals surface area contributed by atoms with Gasteiger partial charge in [-0.25, -0.2) is 0 Å². The van der Waals surface area contributed by atoms with Gasteiger partial charge < -0.3 is 9.64 Å². The molecule has 3 atom stereocenters. The number of likely N-dealkylation sites (tertiary alicyclic amines) is 1. The van der Waals surface area contributed by atoms with E-state index in [0.717, 1.165) is 12.0 Å². The molecule has 2 unspecified atom stereocenters. The van der Waals surface area contributed by atoms with E-state index in [4.69, 9.17) is 4.74 Å². The Labute approximate surface area is 74.9 Å². The van der Waals surface area contributed by atoms with Crippen LogP contribution in [0, 0.1) is 5.92 Å². The Morgan fingerprint density at radius 1 is 1.33 bits per heavy atom. The Morgan fingerprint density at radius 3 is 2.50 bits per heavy atom. The summed E-state index contributed by atoms with van der Waals surface area (Å²) in [6, 6.07) is 0.818. The van der Waals surface area contributed by atoms with Crippen molar-refractivity contribution in [3.63, 3.8) is 0 Å². The normalized spacial score (nSPS) is 41.5. The Bertz CT molecular complexity index is 167. The summed E-state index contributed by atoms with van der Waals surface area (Å²) in [5, 5.41) is 0. The summed E-state index contributed by atoms with van der Waals surface area (Å²) in [6.45, 7) is 5.52. The lowest BCUT2D eigenvalue weighted by atomic mass is 10.1. The summed E-state index contributed by atoms with van der Waals surface area (Å²) < 4.78 is 5.87. The van der Waals surface area contributed by atoms with Crippen molar-refractivity contribution in [2.75, 3.05) is 13.6 Å². The Kier molecular flexibility index (Phi) is 2.13. The summed E-state index contributed by atoms with van der Waals surface area (Å²) in [5.74, 6) is 0.822. The predicted molar refractivity (Wildman–Crippen MR) is 49.2 cm³/mol. The molecule has 1 heterocycles. The van der Waals surface area contributed by atoms with Gasteiger partial charge in [-0.2, -0.15) is 0 Å². The van der Waals surface area contributed by atoms with E-state index in [9.17, 15) is 0 Å². The van der Waals surface area contributed by atoms with E-state index in [1.807, 2.05) is 0 Å².